The van der Waals surface area contributed by atoms with Crippen LogP contribution >= 0.6 is 0 Å². The lowest BCUT2D eigenvalue weighted by Gasteiger charge is -2.36. The van der Waals surface area contributed by atoms with Gasteiger partial charge in [0.1, 0.15) is 0 Å². The summed E-state index contributed by atoms with van der Waals surface area (Å²) >= 11 is 0. The summed E-state index contributed by atoms with van der Waals surface area (Å²) in [7, 11) is 0. The monoisotopic (exact) mass is 365 g/mol. The van der Waals surface area contributed by atoms with Crippen molar-refractivity contribution in [2.24, 2.45) is 0 Å². The standard InChI is InChI=1S/C24H31NO2/c1-5-15-24(16-6-2,22-14-10-13-21(17-22)19(3)4)25-23(26)27-18-20-11-8-7-9-12-20/h5-14,17,19,23,25-26H,1-2,15-16,18H2,3-4H3. The summed E-state index contributed by atoms with van der Waals surface area (Å²) in [5.41, 5.74) is 2.84. The highest BCUT2D eigenvalue weighted by molar-refractivity contribution is 5.32. The number of hydrogen-bond donors (Lipinski definition) is 2. The lowest BCUT2D eigenvalue weighted by Crippen LogP contribution is -2.48. The zero-order valence-corrected chi connectivity index (χ0v) is 16.4. The van der Waals surface area contributed by atoms with Crippen molar-refractivity contribution in [2.45, 2.75) is 51.2 Å². The van der Waals surface area contributed by atoms with Gasteiger partial charge in [-0.15, -0.1) is 13.2 Å². The Morgan fingerprint density at radius 1 is 1.04 bits per heavy atom. The second kappa shape index (κ2) is 10.2. The third kappa shape index (κ3) is 5.90. The second-order valence-corrected chi connectivity index (χ2v) is 7.14. The minimum atomic E-state index is -1.10. The minimum Gasteiger partial charge on any atom is -0.356 e. The Morgan fingerprint density at radius 2 is 1.70 bits per heavy atom. The lowest BCUT2D eigenvalue weighted by atomic mass is 9.82. The van der Waals surface area contributed by atoms with Crippen LogP contribution in [0.25, 0.3) is 0 Å². The van der Waals surface area contributed by atoms with E-state index in [1.165, 1.54) is 5.56 Å². The van der Waals surface area contributed by atoms with Gasteiger partial charge < -0.3 is 9.84 Å². The molecule has 0 aliphatic rings. The first-order chi connectivity index (χ1) is 13.0. The highest BCUT2D eigenvalue weighted by atomic mass is 16.6. The third-order valence-electron chi connectivity index (χ3n) is 4.74. The van der Waals surface area contributed by atoms with Gasteiger partial charge in [0.15, 0.2) is 0 Å². The molecule has 0 aromatic heterocycles. The number of aliphatic hydroxyl groups excluding tert-OH is 1. The molecule has 0 amide bonds. The normalized spacial score (nSPS) is 12.7. The van der Waals surface area contributed by atoms with Gasteiger partial charge in [-0.05, 0) is 35.4 Å². The maximum absolute atomic E-state index is 10.5. The molecule has 3 nitrogen and oxygen atoms in total. The number of nitrogens with one attached hydrogen (secondary N) is 1. The van der Waals surface area contributed by atoms with E-state index in [-0.39, 0.29) is 0 Å². The molecule has 27 heavy (non-hydrogen) atoms. The molecule has 1 atom stereocenters. The van der Waals surface area contributed by atoms with Crippen LogP contribution in [0, 0.1) is 0 Å². The maximum Gasteiger partial charge on any atom is 0.214 e. The summed E-state index contributed by atoms with van der Waals surface area (Å²) in [4.78, 5) is 0. The molecule has 0 radical (unpaired) electrons. The van der Waals surface area contributed by atoms with Gasteiger partial charge in [-0.2, -0.15) is 0 Å². The second-order valence-electron chi connectivity index (χ2n) is 7.14. The van der Waals surface area contributed by atoms with E-state index in [9.17, 15) is 5.11 Å². The molecular weight excluding hydrogens is 334 g/mol. The van der Waals surface area contributed by atoms with Crippen molar-refractivity contribution in [1.29, 1.82) is 0 Å². The Labute approximate surface area is 163 Å². The fourth-order valence-corrected chi connectivity index (χ4v) is 3.24. The summed E-state index contributed by atoms with van der Waals surface area (Å²) < 4.78 is 5.65. The van der Waals surface area contributed by atoms with E-state index in [4.69, 9.17) is 4.74 Å². The highest BCUT2D eigenvalue weighted by Gasteiger charge is 2.32. The number of benzene rings is 2. The maximum atomic E-state index is 10.5. The summed E-state index contributed by atoms with van der Waals surface area (Å²) in [6.07, 6.45) is 3.91. The van der Waals surface area contributed by atoms with E-state index in [2.05, 4.69) is 56.6 Å². The van der Waals surface area contributed by atoms with Gasteiger partial charge in [-0.3, -0.25) is 5.32 Å². The van der Waals surface area contributed by atoms with Gasteiger partial charge in [0.25, 0.3) is 0 Å². The van der Waals surface area contributed by atoms with Crippen molar-refractivity contribution >= 4 is 0 Å². The van der Waals surface area contributed by atoms with E-state index in [1.54, 1.807) is 0 Å². The molecule has 0 aliphatic carbocycles. The SMILES string of the molecule is C=CCC(CC=C)(NC(O)OCc1ccccc1)c1cccc(C(C)C)c1. The molecule has 2 rings (SSSR count). The van der Waals surface area contributed by atoms with E-state index in [0.717, 1.165) is 11.1 Å². The topological polar surface area (TPSA) is 41.5 Å². The van der Waals surface area contributed by atoms with Crippen LogP contribution in [0.1, 0.15) is 49.3 Å². The van der Waals surface area contributed by atoms with Crippen LogP contribution in [-0.4, -0.2) is 11.5 Å². The van der Waals surface area contributed by atoms with Crippen molar-refractivity contribution in [1.82, 2.24) is 5.32 Å². The van der Waals surface area contributed by atoms with Crippen molar-refractivity contribution in [3.05, 3.63) is 96.6 Å². The Kier molecular flexibility index (Phi) is 7.99. The van der Waals surface area contributed by atoms with Gasteiger partial charge in [0.05, 0.1) is 12.1 Å². The van der Waals surface area contributed by atoms with Crippen LogP contribution in [0.15, 0.2) is 79.9 Å². The van der Waals surface area contributed by atoms with Gasteiger partial charge in [-0.1, -0.05) is 80.6 Å². The van der Waals surface area contributed by atoms with Crippen LogP contribution < -0.4 is 5.32 Å². The molecule has 0 heterocycles. The molecule has 0 saturated heterocycles. The largest absolute Gasteiger partial charge is 0.356 e. The van der Waals surface area contributed by atoms with Crippen molar-refractivity contribution in [2.75, 3.05) is 0 Å². The van der Waals surface area contributed by atoms with Gasteiger partial charge in [0.2, 0.25) is 6.41 Å². The smallest absolute Gasteiger partial charge is 0.214 e. The van der Waals surface area contributed by atoms with Gasteiger partial charge in [0, 0.05) is 0 Å². The third-order valence-corrected chi connectivity index (χ3v) is 4.74. The van der Waals surface area contributed by atoms with Crippen molar-refractivity contribution < 1.29 is 9.84 Å². The van der Waals surface area contributed by atoms with Crippen LogP contribution in [0.5, 0.6) is 0 Å². The molecule has 144 valence electrons. The first-order valence-corrected chi connectivity index (χ1v) is 9.44. The quantitative estimate of drug-likeness (QED) is 0.423. The minimum absolute atomic E-state index is 0.333. The Morgan fingerprint density at radius 3 is 2.30 bits per heavy atom. The van der Waals surface area contributed by atoms with E-state index >= 15 is 0 Å². The fraction of sp³-hybridized carbons (Fsp3) is 0.333. The summed E-state index contributed by atoms with van der Waals surface area (Å²) in [5, 5.41) is 13.8. The van der Waals surface area contributed by atoms with Crippen LogP contribution in [0.2, 0.25) is 0 Å². The predicted octanol–water partition coefficient (Wildman–Crippen LogP) is 5.24. The Balaban J connectivity index is 2.23. The molecule has 3 heteroatoms. The number of rotatable bonds is 11. The van der Waals surface area contributed by atoms with Crippen LogP contribution in [0.4, 0.5) is 0 Å². The average Bonchev–Trinajstić information content (AvgIpc) is 2.67. The molecule has 0 aliphatic heterocycles. The zero-order chi connectivity index (χ0) is 19.7. The number of hydrogen-bond acceptors (Lipinski definition) is 3. The number of aliphatic hydroxyl groups is 1. The van der Waals surface area contributed by atoms with E-state index < -0.39 is 12.0 Å². The molecule has 0 bridgehead atoms. The Bertz CT molecular complexity index is 714. The van der Waals surface area contributed by atoms with Crippen molar-refractivity contribution in [3.63, 3.8) is 0 Å². The molecule has 0 fully saturated rings. The molecule has 0 spiro atoms. The predicted molar refractivity (Wildman–Crippen MR) is 112 cm³/mol. The zero-order valence-electron chi connectivity index (χ0n) is 16.4. The van der Waals surface area contributed by atoms with Crippen LogP contribution in [0.3, 0.4) is 0 Å². The lowest BCUT2D eigenvalue weighted by molar-refractivity contribution is -0.144. The summed E-state index contributed by atoms with van der Waals surface area (Å²) in [5.74, 6) is 0.425. The number of ether oxygens (including phenoxy) is 1. The molecular formula is C24H31NO2. The molecule has 1 unspecified atom stereocenters. The molecule has 2 aromatic carbocycles. The highest BCUT2D eigenvalue weighted by Crippen LogP contribution is 2.32. The van der Waals surface area contributed by atoms with Gasteiger partial charge in [-0.25, -0.2) is 0 Å². The molecule has 2 N–H and O–H groups in total. The summed E-state index contributed by atoms with van der Waals surface area (Å²) in [6, 6.07) is 18.3. The van der Waals surface area contributed by atoms with Crippen molar-refractivity contribution in [3.8, 4) is 0 Å². The van der Waals surface area contributed by atoms with Crippen LogP contribution in [-0.2, 0) is 16.9 Å². The first kappa shape index (κ1) is 21.1. The fourth-order valence-electron chi connectivity index (χ4n) is 3.24. The average molecular weight is 366 g/mol. The van der Waals surface area contributed by atoms with E-state index in [0.29, 0.717) is 25.4 Å². The Hall–Kier alpha value is -2.20. The van der Waals surface area contributed by atoms with Gasteiger partial charge >= 0.3 is 0 Å². The summed E-state index contributed by atoms with van der Waals surface area (Å²) in [6.45, 7) is 12.5. The first-order valence-electron chi connectivity index (χ1n) is 9.44. The molecule has 0 saturated carbocycles. The van der Waals surface area contributed by atoms with E-state index in [1.807, 2.05) is 42.5 Å². The molecule has 2 aromatic rings.